The Balaban J connectivity index is 1.43. The van der Waals surface area contributed by atoms with Crippen molar-refractivity contribution in [2.75, 3.05) is 43.4 Å². The number of hydrogen-bond acceptors (Lipinski definition) is 9. The predicted molar refractivity (Wildman–Crippen MR) is 148 cm³/mol. The van der Waals surface area contributed by atoms with Crippen LogP contribution in [-0.2, 0) is 14.4 Å². The predicted octanol–water partition coefficient (Wildman–Crippen LogP) is 2.18. The summed E-state index contributed by atoms with van der Waals surface area (Å²) in [6.45, 7) is 4.78. The van der Waals surface area contributed by atoms with Crippen molar-refractivity contribution in [3.05, 3.63) is 64.8 Å². The van der Waals surface area contributed by atoms with Crippen LogP contribution in [0.3, 0.4) is 0 Å². The number of primary amides is 1. The van der Waals surface area contributed by atoms with Crippen LogP contribution in [-0.4, -0.2) is 77.1 Å². The van der Waals surface area contributed by atoms with Crippen molar-refractivity contribution in [2.24, 2.45) is 5.73 Å². The van der Waals surface area contributed by atoms with Gasteiger partial charge in [-0.3, -0.25) is 19.2 Å². The molecule has 13 heteroatoms. The van der Waals surface area contributed by atoms with Gasteiger partial charge in [0.05, 0.1) is 0 Å². The maximum atomic E-state index is 13.5. The van der Waals surface area contributed by atoms with Crippen molar-refractivity contribution in [2.45, 2.75) is 19.9 Å². The Morgan fingerprint density at radius 2 is 1.62 bits per heavy atom. The third kappa shape index (κ3) is 6.37. The molecule has 40 heavy (non-hydrogen) atoms. The van der Waals surface area contributed by atoms with Crippen LogP contribution in [0.25, 0.3) is 0 Å². The van der Waals surface area contributed by atoms with Crippen LogP contribution in [0.4, 0.5) is 21.0 Å². The van der Waals surface area contributed by atoms with Gasteiger partial charge in [0.15, 0.2) is 11.7 Å². The first-order valence-corrected chi connectivity index (χ1v) is 13.3. The van der Waals surface area contributed by atoms with Gasteiger partial charge in [0.25, 0.3) is 5.91 Å². The van der Waals surface area contributed by atoms with E-state index in [2.05, 4.69) is 4.98 Å². The second-order valence-electron chi connectivity index (χ2n) is 9.16. The number of nitrogens with zero attached hydrogens (tertiary/aromatic N) is 4. The largest absolute Gasteiger partial charge is 0.484 e. The summed E-state index contributed by atoms with van der Waals surface area (Å²) >= 11 is 0.984. The number of carbonyl (C=O) groups excluding carboxylic acids is 4. The summed E-state index contributed by atoms with van der Waals surface area (Å²) in [5.41, 5.74) is 12.4. The van der Waals surface area contributed by atoms with Crippen LogP contribution in [0.5, 0.6) is 5.75 Å². The fourth-order valence-electron chi connectivity index (χ4n) is 4.16. The molecule has 0 bridgehead atoms. The molecule has 2 aromatic carbocycles. The SMILES string of the molecule is CC(=O)N1CCN(C(=O)COc2ccc(C(=O)c3sc(N(c4ccc(F)cc4)[C@H](C)C(N)=O)nc3N)cc2)CC1. The summed E-state index contributed by atoms with van der Waals surface area (Å²) in [4.78, 5) is 58.5. The molecule has 3 aromatic rings. The second-order valence-corrected chi connectivity index (χ2v) is 10.1. The van der Waals surface area contributed by atoms with E-state index in [1.165, 1.54) is 36.1 Å². The maximum absolute atomic E-state index is 13.5. The van der Waals surface area contributed by atoms with Crippen molar-refractivity contribution >= 4 is 51.5 Å². The number of nitrogens with two attached hydrogens (primary N) is 2. The summed E-state index contributed by atoms with van der Waals surface area (Å²) in [6, 6.07) is 10.8. The number of halogens is 1. The minimum atomic E-state index is -0.851. The number of benzene rings is 2. The first kappa shape index (κ1) is 28.5. The standard InChI is InChI=1S/C27H29FN6O5S/c1-16(26(30)38)34(20-7-5-19(28)6-8-20)27-31-25(29)24(40-27)23(37)18-3-9-21(10-4-18)39-15-22(36)33-13-11-32(12-14-33)17(2)35/h3-10,16H,11-15,29H2,1-2H3,(H2,30,38)/t16-/m1/s1. The van der Waals surface area contributed by atoms with E-state index < -0.39 is 23.5 Å². The quantitative estimate of drug-likeness (QED) is 0.373. The minimum absolute atomic E-state index is 0.0141. The highest BCUT2D eigenvalue weighted by Gasteiger charge is 2.28. The van der Waals surface area contributed by atoms with E-state index in [0.29, 0.717) is 43.2 Å². The van der Waals surface area contributed by atoms with E-state index in [1.807, 2.05) is 0 Å². The lowest BCUT2D eigenvalue weighted by atomic mass is 10.1. The maximum Gasteiger partial charge on any atom is 0.260 e. The summed E-state index contributed by atoms with van der Waals surface area (Å²) in [5, 5.41) is 0.251. The first-order chi connectivity index (χ1) is 19.0. The Morgan fingerprint density at radius 1 is 1.02 bits per heavy atom. The van der Waals surface area contributed by atoms with Gasteiger partial charge >= 0.3 is 0 Å². The van der Waals surface area contributed by atoms with Gasteiger partial charge in [0.2, 0.25) is 17.6 Å². The van der Waals surface area contributed by atoms with E-state index in [1.54, 1.807) is 41.0 Å². The smallest absolute Gasteiger partial charge is 0.260 e. The van der Waals surface area contributed by atoms with Crippen molar-refractivity contribution in [1.82, 2.24) is 14.8 Å². The average Bonchev–Trinajstić information content (AvgIpc) is 3.33. The van der Waals surface area contributed by atoms with E-state index in [0.717, 1.165) is 11.3 Å². The van der Waals surface area contributed by atoms with Gasteiger partial charge in [-0.05, 0) is 55.5 Å². The van der Waals surface area contributed by atoms with Gasteiger partial charge in [0.1, 0.15) is 28.3 Å². The molecule has 3 amide bonds. The lowest BCUT2D eigenvalue weighted by Crippen LogP contribution is -2.51. The van der Waals surface area contributed by atoms with E-state index in [-0.39, 0.29) is 34.2 Å². The van der Waals surface area contributed by atoms with Crippen LogP contribution in [0, 0.1) is 5.82 Å². The van der Waals surface area contributed by atoms with Gasteiger partial charge in [-0.2, -0.15) is 0 Å². The molecule has 1 fully saturated rings. The Hall–Kier alpha value is -4.52. The number of nitrogen functional groups attached to an aromatic ring is 1. The summed E-state index contributed by atoms with van der Waals surface area (Å²) in [7, 11) is 0. The number of piperazine rings is 1. The molecule has 1 atom stereocenters. The Labute approximate surface area is 234 Å². The van der Waals surface area contributed by atoms with Crippen LogP contribution in [0.2, 0.25) is 0 Å². The number of anilines is 3. The molecule has 210 valence electrons. The molecule has 0 spiro atoms. The average molecular weight is 569 g/mol. The molecule has 1 aliphatic heterocycles. The molecule has 0 unspecified atom stereocenters. The monoisotopic (exact) mass is 568 g/mol. The number of carbonyl (C=O) groups is 4. The molecule has 11 nitrogen and oxygen atoms in total. The molecule has 4 rings (SSSR count). The van der Waals surface area contributed by atoms with Gasteiger partial charge in [-0.25, -0.2) is 9.37 Å². The molecule has 4 N–H and O–H groups in total. The molecular formula is C27H29FN6O5S. The normalized spacial score (nSPS) is 14.0. The number of thiazole rings is 1. The van der Waals surface area contributed by atoms with Crippen LogP contribution in [0.1, 0.15) is 29.1 Å². The van der Waals surface area contributed by atoms with Crippen molar-refractivity contribution < 1.29 is 28.3 Å². The van der Waals surface area contributed by atoms with Crippen molar-refractivity contribution in [3.63, 3.8) is 0 Å². The zero-order chi connectivity index (χ0) is 29.0. The molecule has 1 saturated heterocycles. The van der Waals surface area contributed by atoms with Gasteiger partial charge in [0, 0.05) is 44.4 Å². The zero-order valence-corrected chi connectivity index (χ0v) is 22.8. The van der Waals surface area contributed by atoms with Crippen molar-refractivity contribution in [3.8, 4) is 5.75 Å². The number of aromatic nitrogens is 1. The summed E-state index contributed by atoms with van der Waals surface area (Å²) < 4.78 is 19.1. The lowest BCUT2D eigenvalue weighted by molar-refractivity contribution is -0.139. The lowest BCUT2D eigenvalue weighted by Gasteiger charge is -2.34. The third-order valence-corrected chi connectivity index (χ3v) is 7.58. The van der Waals surface area contributed by atoms with Gasteiger partial charge in [-0.15, -0.1) is 0 Å². The highest BCUT2D eigenvalue weighted by molar-refractivity contribution is 7.18. The molecule has 2 heterocycles. The van der Waals surface area contributed by atoms with E-state index in [9.17, 15) is 23.6 Å². The summed E-state index contributed by atoms with van der Waals surface area (Å²) in [5.74, 6) is -1.30. The third-order valence-electron chi connectivity index (χ3n) is 6.51. The number of ketones is 1. The number of rotatable bonds is 9. The first-order valence-electron chi connectivity index (χ1n) is 12.5. The molecule has 0 saturated carbocycles. The number of amides is 3. The molecular weight excluding hydrogens is 539 g/mol. The highest BCUT2D eigenvalue weighted by Crippen LogP contribution is 2.36. The second kappa shape index (κ2) is 12.1. The van der Waals surface area contributed by atoms with E-state index in [4.69, 9.17) is 16.2 Å². The van der Waals surface area contributed by atoms with Gasteiger partial charge < -0.3 is 30.9 Å². The van der Waals surface area contributed by atoms with Crippen LogP contribution < -0.4 is 21.1 Å². The van der Waals surface area contributed by atoms with Crippen LogP contribution >= 0.6 is 11.3 Å². The molecule has 1 aromatic heterocycles. The van der Waals surface area contributed by atoms with E-state index >= 15 is 0 Å². The number of hydrogen-bond donors (Lipinski definition) is 2. The fraction of sp³-hybridized carbons (Fsp3) is 0.296. The zero-order valence-electron chi connectivity index (χ0n) is 22.0. The number of ether oxygens (including phenoxy) is 1. The fourth-order valence-corrected chi connectivity index (χ4v) is 5.20. The Bertz CT molecular complexity index is 1400. The van der Waals surface area contributed by atoms with Crippen molar-refractivity contribution in [1.29, 1.82) is 0 Å². The minimum Gasteiger partial charge on any atom is -0.484 e. The molecule has 1 aliphatic rings. The van der Waals surface area contributed by atoms with Gasteiger partial charge in [-0.1, -0.05) is 11.3 Å². The summed E-state index contributed by atoms with van der Waals surface area (Å²) in [6.07, 6.45) is 0. The Kier molecular flexibility index (Phi) is 8.63. The molecule has 0 aliphatic carbocycles. The van der Waals surface area contributed by atoms with Crippen LogP contribution in [0.15, 0.2) is 48.5 Å². The Morgan fingerprint density at radius 3 is 2.20 bits per heavy atom. The topological polar surface area (TPSA) is 152 Å². The highest BCUT2D eigenvalue weighted by atomic mass is 32.1. The molecule has 0 radical (unpaired) electrons.